The summed E-state index contributed by atoms with van der Waals surface area (Å²) < 4.78 is 0. The van der Waals surface area contributed by atoms with Gasteiger partial charge in [-0.1, -0.05) is 13.8 Å². The van der Waals surface area contributed by atoms with Crippen molar-refractivity contribution in [2.24, 2.45) is 5.92 Å². The second-order valence-electron chi connectivity index (χ2n) is 3.97. The first-order chi connectivity index (χ1) is 6.41. The first-order valence-electron chi connectivity index (χ1n) is 4.86. The van der Waals surface area contributed by atoms with E-state index in [0.717, 1.165) is 0 Å². The number of amides is 1. The topological polar surface area (TPSA) is 66.4 Å². The predicted octanol–water partition coefficient (Wildman–Crippen LogP) is 0.489. The maximum Gasteiger partial charge on any atom is 0.227 e. The number of aliphatic hydroxyl groups is 1. The first-order valence-corrected chi connectivity index (χ1v) is 4.86. The maximum atomic E-state index is 11.0. The molecule has 0 heterocycles. The smallest absolute Gasteiger partial charge is 0.227 e. The molecule has 0 aromatic rings. The molecule has 0 aromatic heterocycles. The van der Waals surface area contributed by atoms with Gasteiger partial charge >= 0.3 is 0 Å². The average molecular weight is 201 g/mol. The van der Waals surface area contributed by atoms with Gasteiger partial charge in [-0.3, -0.25) is 9.59 Å². The Balaban J connectivity index is 3.61. The number of aliphatic hydroxyl groups excluding tert-OH is 1. The summed E-state index contributed by atoms with van der Waals surface area (Å²) in [5.74, 6) is -0.0872. The molecule has 0 spiro atoms. The molecule has 0 saturated heterocycles. The molecule has 14 heavy (non-hydrogen) atoms. The molecule has 0 aliphatic rings. The number of Topliss-reactive ketones (excluding diaryl/α,β-unsaturated/α-hetero) is 1. The van der Waals surface area contributed by atoms with Crippen molar-refractivity contribution in [3.63, 3.8) is 0 Å². The van der Waals surface area contributed by atoms with E-state index in [-0.39, 0.29) is 24.7 Å². The highest BCUT2D eigenvalue weighted by atomic mass is 16.3. The lowest BCUT2D eigenvalue weighted by molar-refractivity contribution is -0.127. The number of hydrogen-bond donors (Lipinski definition) is 2. The van der Waals surface area contributed by atoms with Gasteiger partial charge in [0.25, 0.3) is 0 Å². The van der Waals surface area contributed by atoms with Gasteiger partial charge in [-0.15, -0.1) is 0 Å². The minimum absolute atomic E-state index is 0.103. The van der Waals surface area contributed by atoms with E-state index in [2.05, 4.69) is 5.32 Å². The summed E-state index contributed by atoms with van der Waals surface area (Å²) >= 11 is 0. The third-order valence-corrected chi connectivity index (χ3v) is 1.69. The molecule has 1 atom stereocenters. The van der Waals surface area contributed by atoms with Crippen LogP contribution in [0.1, 0.15) is 33.6 Å². The third-order valence-electron chi connectivity index (χ3n) is 1.69. The Bertz CT molecular complexity index is 202. The molecule has 4 heteroatoms. The van der Waals surface area contributed by atoms with Crippen LogP contribution < -0.4 is 5.32 Å². The molecule has 0 aliphatic heterocycles. The van der Waals surface area contributed by atoms with Crippen LogP contribution in [-0.4, -0.2) is 29.4 Å². The van der Waals surface area contributed by atoms with Crippen LogP contribution in [0.25, 0.3) is 0 Å². The zero-order valence-corrected chi connectivity index (χ0v) is 9.04. The minimum atomic E-state index is -0.522. The number of ketones is 1. The Labute approximate surface area is 84.7 Å². The number of nitrogens with one attached hydrogen (secondary N) is 1. The summed E-state index contributed by atoms with van der Waals surface area (Å²) in [4.78, 5) is 21.6. The molecular formula is C10H19NO3. The van der Waals surface area contributed by atoms with Crippen LogP contribution in [-0.2, 0) is 9.59 Å². The van der Waals surface area contributed by atoms with Crippen molar-refractivity contribution in [1.82, 2.24) is 5.32 Å². The molecule has 4 nitrogen and oxygen atoms in total. The Hall–Kier alpha value is -0.900. The zero-order chi connectivity index (χ0) is 11.1. The number of carbonyl (C=O) groups excluding carboxylic acids is 2. The highest BCUT2D eigenvalue weighted by Gasteiger charge is 2.09. The molecule has 0 bridgehead atoms. The standard InChI is InChI=1S/C10H19NO3/c1-7(2)4-9(13)6-11-10(14)5-8(3)12/h7,9,13H,4-6H2,1-3H3,(H,11,14). The Kier molecular flexibility index (Phi) is 6.12. The summed E-state index contributed by atoms with van der Waals surface area (Å²) in [6, 6.07) is 0. The van der Waals surface area contributed by atoms with Crippen LogP contribution in [0.4, 0.5) is 0 Å². The molecule has 0 fully saturated rings. The van der Waals surface area contributed by atoms with Crippen molar-refractivity contribution < 1.29 is 14.7 Å². The lowest BCUT2D eigenvalue weighted by Crippen LogP contribution is -2.33. The lowest BCUT2D eigenvalue weighted by atomic mass is 10.1. The van der Waals surface area contributed by atoms with Crippen molar-refractivity contribution in [1.29, 1.82) is 0 Å². The van der Waals surface area contributed by atoms with E-state index >= 15 is 0 Å². The van der Waals surface area contributed by atoms with Crippen LogP contribution >= 0.6 is 0 Å². The number of rotatable bonds is 6. The van der Waals surface area contributed by atoms with Gasteiger partial charge in [-0.05, 0) is 19.3 Å². The Morgan fingerprint density at radius 2 is 1.93 bits per heavy atom. The Morgan fingerprint density at radius 3 is 2.36 bits per heavy atom. The van der Waals surface area contributed by atoms with Gasteiger partial charge < -0.3 is 10.4 Å². The van der Waals surface area contributed by atoms with Crippen LogP contribution in [0.3, 0.4) is 0 Å². The van der Waals surface area contributed by atoms with Gasteiger partial charge in [0, 0.05) is 6.54 Å². The van der Waals surface area contributed by atoms with Gasteiger partial charge in [0.15, 0.2) is 0 Å². The molecule has 2 N–H and O–H groups in total. The fourth-order valence-electron chi connectivity index (χ4n) is 1.15. The molecule has 1 amide bonds. The van der Waals surface area contributed by atoms with Crippen molar-refractivity contribution in [3.05, 3.63) is 0 Å². The first kappa shape index (κ1) is 13.1. The second-order valence-corrected chi connectivity index (χ2v) is 3.97. The Morgan fingerprint density at radius 1 is 1.36 bits per heavy atom. The predicted molar refractivity (Wildman–Crippen MR) is 53.8 cm³/mol. The van der Waals surface area contributed by atoms with E-state index in [0.29, 0.717) is 12.3 Å². The fraction of sp³-hybridized carbons (Fsp3) is 0.800. The second kappa shape index (κ2) is 6.54. The highest BCUT2D eigenvalue weighted by molar-refractivity contribution is 5.96. The largest absolute Gasteiger partial charge is 0.391 e. The summed E-state index contributed by atoms with van der Waals surface area (Å²) in [6.45, 7) is 5.59. The SMILES string of the molecule is CC(=O)CC(=O)NCC(O)CC(C)C. The maximum absolute atomic E-state index is 11.0. The monoisotopic (exact) mass is 201 g/mol. The highest BCUT2D eigenvalue weighted by Crippen LogP contribution is 2.03. The quantitative estimate of drug-likeness (QED) is 0.614. The molecule has 1 unspecified atom stereocenters. The summed E-state index contributed by atoms with van der Waals surface area (Å²) in [7, 11) is 0. The molecule has 0 aliphatic carbocycles. The third kappa shape index (κ3) is 7.73. The normalized spacial score (nSPS) is 12.6. The van der Waals surface area contributed by atoms with Gasteiger partial charge in [0.05, 0.1) is 12.5 Å². The van der Waals surface area contributed by atoms with E-state index < -0.39 is 6.10 Å². The summed E-state index contributed by atoms with van der Waals surface area (Å²) in [5.41, 5.74) is 0. The molecular weight excluding hydrogens is 182 g/mol. The van der Waals surface area contributed by atoms with E-state index in [1.54, 1.807) is 0 Å². The van der Waals surface area contributed by atoms with Crippen molar-refractivity contribution in [2.75, 3.05) is 6.54 Å². The van der Waals surface area contributed by atoms with E-state index in [9.17, 15) is 14.7 Å². The van der Waals surface area contributed by atoms with Gasteiger partial charge in [0.1, 0.15) is 5.78 Å². The lowest BCUT2D eigenvalue weighted by Gasteiger charge is -2.13. The van der Waals surface area contributed by atoms with Crippen LogP contribution in [0.5, 0.6) is 0 Å². The van der Waals surface area contributed by atoms with Crippen molar-refractivity contribution >= 4 is 11.7 Å². The van der Waals surface area contributed by atoms with Crippen LogP contribution in [0, 0.1) is 5.92 Å². The van der Waals surface area contributed by atoms with E-state index in [1.165, 1.54) is 6.92 Å². The van der Waals surface area contributed by atoms with Gasteiger partial charge in [-0.25, -0.2) is 0 Å². The number of carbonyl (C=O) groups is 2. The van der Waals surface area contributed by atoms with E-state index in [4.69, 9.17) is 0 Å². The van der Waals surface area contributed by atoms with Gasteiger partial charge in [0.2, 0.25) is 5.91 Å². The van der Waals surface area contributed by atoms with Crippen molar-refractivity contribution in [3.8, 4) is 0 Å². The van der Waals surface area contributed by atoms with Crippen LogP contribution in [0.15, 0.2) is 0 Å². The molecule has 0 saturated carbocycles. The average Bonchev–Trinajstić information content (AvgIpc) is 1.98. The molecule has 0 rings (SSSR count). The molecule has 0 radical (unpaired) electrons. The minimum Gasteiger partial charge on any atom is -0.391 e. The van der Waals surface area contributed by atoms with Crippen LogP contribution in [0.2, 0.25) is 0 Å². The summed E-state index contributed by atoms with van der Waals surface area (Å²) in [5, 5.41) is 11.9. The van der Waals surface area contributed by atoms with E-state index in [1.807, 2.05) is 13.8 Å². The fourth-order valence-corrected chi connectivity index (χ4v) is 1.15. The number of hydrogen-bond acceptors (Lipinski definition) is 3. The van der Waals surface area contributed by atoms with Crippen molar-refractivity contribution in [2.45, 2.75) is 39.7 Å². The van der Waals surface area contributed by atoms with Gasteiger partial charge in [-0.2, -0.15) is 0 Å². The molecule has 82 valence electrons. The zero-order valence-electron chi connectivity index (χ0n) is 9.04. The molecule has 0 aromatic carbocycles. The summed E-state index contributed by atoms with van der Waals surface area (Å²) in [6.07, 6.45) is 0.0280.